The smallest absolute Gasteiger partial charge is 0.130 e. The lowest BCUT2D eigenvalue weighted by molar-refractivity contribution is 0.783. The van der Waals surface area contributed by atoms with Crippen molar-refractivity contribution in [2.24, 2.45) is 7.05 Å². The molecule has 0 unspecified atom stereocenters. The van der Waals surface area contributed by atoms with E-state index in [1.165, 1.54) is 0 Å². The fourth-order valence-electron chi connectivity index (χ4n) is 2.22. The Labute approximate surface area is 136 Å². The Morgan fingerprint density at radius 3 is 2.57 bits per heavy atom. The molecule has 3 rings (SSSR count). The van der Waals surface area contributed by atoms with Crippen LogP contribution in [-0.4, -0.2) is 9.78 Å². The van der Waals surface area contributed by atoms with E-state index >= 15 is 0 Å². The van der Waals surface area contributed by atoms with Crippen LogP contribution in [0.5, 0.6) is 0 Å². The van der Waals surface area contributed by atoms with Crippen molar-refractivity contribution in [3.8, 4) is 21.7 Å². The van der Waals surface area contributed by atoms with Crippen LogP contribution in [0.1, 0.15) is 5.56 Å². The van der Waals surface area contributed by atoms with Gasteiger partial charge in [-0.25, -0.2) is 0 Å². The van der Waals surface area contributed by atoms with Gasteiger partial charge in [0, 0.05) is 17.6 Å². The van der Waals surface area contributed by atoms with Crippen LogP contribution in [-0.2, 0) is 7.05 Å². The van der Waals surface area contributed by atoms with E-state index in [2.05, 4.69) is 5.10 Å². The first-order valence-electron chi connectivity index (χ1n) is 6.32. The van der Waals surface area contributed by atoms with Crippen LogP contribution >= 0.6 is 34.5 Å². The van der Waals surface area contributed by atoms with Gasteiger partial charge in [-0.1, -0.05) is 41.4 Å². The molecule has 6 heteroatoms. The molecule has 0 bridgehead atoms. The summed E-state index contributed by atoms with van der Waals surface area (Å²) in [6, 6.07) is 7.60. The number of nitrogens with zero attached hydrogens (tertiary/aromatic N) is 2. The number of halogens is 2. The van der Waals surface area contributed by atoms with E-state index in [4.69, 9.17) is 28.9 Å². The number of nitrogens with two attached hydrogens (primary N) is 1. The third-order valence-electron chi connectivity index (χ3n) is 3.35. The first-order valence-corrected chi connectivity index (χ1v) is 7.95. The lowest BCUT2D eigenvalue weighted by atomic mass is 10.0. The summed E-state index contributed by atoms with van der Waals surface area (Å²) in [7, 11) is 1.81. The molecule has 2 N–H and O–H groups in total. The molecule has 0 spiro atoms. The van der Waals surface area contributed by atoms with Crippen molar-refractivity contribution >= 4 is 40.4 Å². The normalized spacial score (nSPS) is 11.0. The van der Waals surface area contributed by atoms with Crippen LogP contribution in [0.3, 0.4) is 0 Å². The van der Waals surface area contributed by atoms with Gasteiger partial charge in [-0.15, -0.1) is 11.3 Å². The number of benzene rings is 1. The zero-order valence-corrected chi connectivity index (χ0v) is 13.9. The first kappa shape index (κ1) is 14.4. The van der Waals surface area contributed by atoms with Gasteiger partial charge in [0.2, 0.25) is 0 Å². The van der Waals surface area contributed by atoms with Crippen molar-refractivity contribution in [3.63, 3.8) is 0 Å². The predicted octanol–water partition coefficient (Wildman–Crippen LogP) is 5.01. The van der Waals surface area contributed by atoms with E-state index in [1.807, 2.05) is 43.6 Å². The quantitative estimate of drug-likeness (QED) is 0.713. The van der Waals surface area contributed by atoms with Gasteiger partial charge in [-0.2, -0.15) is 5.10 Å². The summed E-state index contributed by atoms with van der Waals surface area (Å²) in [5.74, 6) is 0.570. The molecule has 0 saturated carbocycles. The minimum Gasteiger partial charge on any atom is -0.383 e. The van der Waals surface area contributed by atoms with E-state index in [9.17, 15) is 0 Å². The maximum Gasteiger partial charge on any atom is 0.130 e. The summed E-state index contributed by atoms with van der Waals surface area (Å²) >= 11 is 14.3. The molecule has 3 nitrogen and oxygen atoms in total. The molecule has 0 saturated heterocycles. The van der Waals surface area contributed by atoms with Crippen LogP contribution in [0, 0.1) is 6.92 Å². The van der Waals surface area contributed by atoms with Gasteiger partial charge in [0.1, 0.15) is 11.5 Å². The highest BCUT2D eigenvalue weighted by atomic mass is 35.5. The Hall–Kier alpha value is -1.49. The van der Waals surface area contributed by atoms with E-state index in [-0.39, 0.29) is 0 Å². The second-order valence-electron chi connectivity index (χ2n) is 4.77. The molecule has 0 fully saturated rings. The number of aromatic nitrogens is 2. The largest absolute Gasteiger partial charge is 0.383 e. The standard InChI is InChI=1S/C15H13Cl2N3S/c1-8-7-21-14(12(8)17)13-11(15(18)20(2)19-13)9-5-3-4-6-10(9)16/h3-7H,18H2,1-2H3. The molecular formula is C15H13Cl2N3S. The average Bonchev–Trinajstić information content (AvgIpc) is 2.93. The first-order chi connectivity index (χ1) is 10.0. The van der Waals surface area contributed by atoms with E-state index in [0.29, 0.717) is 15.9 Å². The maximum absolute atomic E-state index is 6.39. The van der Waals surface area contributed by atoms with Gasteiger partial charge in [-0.3, -0.25) is 4.68 Å². The third kappa shape index (κ3) is 2.33. The fourth-order valence-corrected chi connectivity index (χ4v) is 3.72. The lowest BCUT2D eigenvalue weighted by Crippen LogP contribution is -1.98. The molecule has 0 atom stereocenters. The van der Waals surface area contributed by atoms with Gasteiger partial charge in [0.05, 0.1) is 15.5 Å². The monoisotopic (exact) mass is 337 g/mol. The van der Waals surface area contributed by atoms with Gasteiger partial charge in [0.25, 0.3) is 0 Å². The van der Waals surface area contributed by atoms with Crippen LogP contribution in [0.4, 0.5) is 5.82 Å². The second kappa shape index (κ2) is 5.37. The Balaban J connectivity index is 2.31. The number of hydrogen-bond donors (Lipinski definition) is 1. The van der Waals surface area contributed by atoms with E-state index in [0.717, 1.165) is 27.3 Å². The molecule has 2 aromatic heterocycles. The molecule has 0 amide bonds. The Morgan fingerprint density at radius 2 is 1.95 bits per heavy atom. The Morgan fingerprint density at radius 1 is 1.24 bits per heavy atom. The summed E-state index contributed by atoms with van der Waals surface area (Å²) < 4.78 is 1.65. The van der Waals surface area contributed by atoms with Crippen LogP contribution in [0.25, 0.3) is 21.7 Å². The molecule has 108 valence electrons. The van der Waals surface area contributed by atoms with Crippen molar-refractivity contribution in [1.29, 1.82) is 0 Å². The molecule has 0 aliphatic carbocycles. The summed E-state index contributed by atoms with van der Waals surface area (Å²) in [5, 5.41) is 7.90. The molecule has 1 aromatic carbocycles. The van der Waals surface area contributed by atoms with Crippen LogP contribution in [0.15, 0.2) is 29.6 Å². The van der Waals surface area contributed by atoms with Crippen molar-refractivity contribution in [2.75, 3.05) is 5.73 Å². The van der Waals surface area contributed by atoms with E-state index < -0.39 is 0 Å². The van der Waals surface area contributed by atoms with E-state index in [1.54, 1.807) is 16.0 Å². The zero-order chi connectivity index (χ0) is 15.1. The van der Waals surface area contributed by atoms with Gasteiger partial charge < -0.3 is 5.73 Å². The van der Waals surface area contributed by atoms with Crippen molar-refractivity contribution in [3.05, 3.63) is 45.3 Å². The van der Waals surface area contributed by atoms with Crippen molar-refractivity contribution in [2.45, 2.75) is 6.92 Å². The second-order valence-corrected chi connectivity index (χ2v) is 6.44. The molecule has 0 radical (unpaired) electrons. The number of hydrogen-bond acceptors (Lipinski definition) is 3. The SMILES string of the molecule is Cc1csc(-c2nn(C)c(N)c2-c2ccccc2Cl)c1Cl. The highest BCUT2D eigenvalue weighted by molar-refractivity contribution is 7.14. The van der Waals surface area contributed by atoms with Crippen molar-refractivity contribution < 1.29 is 0 Å². The summed E-state index contributed by atoms with van der Waals surface area (Å²) in [6.07, 6.45) is 0. The molecule has 0 aliphatic heterocycles. The number of aryl methyl sites for hydroxylation is 2. The summed E-state index contributed by atoms with van der Waals surface area (Å²) in [5.41, 5.74) is 9.69. The highest BCUT2D eigenvalue weighted by Gasteiger charge is 2.22. The van der Waals surface area contributed by atoms with Crippen molar-refractivity contribution in [1.82, 2.24) is 9.78 Å². The minimum absolute atomic E-state index is 0.570. The maximum atomic E-state index is 6.39. The molecule has 3 aromatic rings. The highest BCUT2D eigenvalue weighted by Crippen LogP contribution is 2.44. The third-order valence-corrected chi connectivity index (χ3v) is 5.38. The Kier molecular flexibility index (Phi) is 3.69. The average molecular weight is 338 g/mol. The van der Waals surface area contributed by atoms with Gasteiger partial charge in [0.15, 0.2) is 0 Å². The molecule has 21 heavy (non-hydrogen) atoms. The number of anilines is 1. The van der Waals surface area contributed by atoms with Crippen LogP contribution in [0.2, 0.25) is 10.0 Å². The zero-order valence-electron chi connectivity index (χ0n) is 11.5. The minimum atomic E-state index is 0.570. The molecule has 0 aliphatic rings. The molecule has 2 heterocycles. The number of nitrogen functional groups attached to an aromatic ring is 1. The Bertz CT molecular complexity index is 820. The topological polar surface area (TPSA) is 43.8 Å². The van der Waals surface area contributed by atoms with Crippen LogP contribution < -0.4 is 5.73 Å². The summed E-state index contributed by atoms with van der Waals surface area (Å²) in [4.78, 5) is 0.913. The van der Waals surface area contributed by atoms with Gasteiger partial charge >= 0.3 is 0 Å². The number of thiophene rings is 1. The number of rotatable bonds is 2. The van der Waals surface area contributed by atoms with Gasteiger partial charge in [-0.05, 0) is 23.9 Å². The fraction of sp³-hybridized carbons (Fsp3) is 0.133. The predicted molar refractivity (Wildman–Crippen MR) is 91.1 cm³/mol. The lowest BCUT2D eigenvalue weighted by Gasteiger charge is -2.06. The summed E-state index contributed by atoms with van der Waals surface area (Å²) in [6.45, 7) is 1.98. The molecular weight excluding hydrogens is 325 g/mol.